The summed E-state index contributed by atoms with van der Waals surface area (Å²) >= 11 is 0. The molecule has 3 rings (SSSR count). The molecule has 2 aromatic rings. The monoisotopic (exact) mass is 217 g/mol. The maximum atomic E-state index is 9.52. The van der Waals surface area contributed by atoms with Gasteiger partial charge in [-0.15, -0.1) is 0 Å². The first-order valence-electron chi connectivity index (χ1n) is 5.72. The second kappa shape index (κ2) is 3.79. The highest BCUT2D eigenvalue weighted by Crippen LogP contribution is 2.30. The van der Waals surface area contributed by atoms with Crippen molar-refractivity contribution in [1.29, 1.82) is 0 Å². The van der Waals surface area contributed by atoms with Crippen molar-refractivity contribution >= 4 is 10.9 Å². The van der Waals surface area contributed by atoms with E-state index in [4.69, 9.17) is 0 Å². The summed E-state index contributed by atoms with van der Waals surface area (Å²) in [5, 5.41) is 21.3. The number of nitrogens with one attached hydrogen (secondary N) is 2. The Morgan fingerprint density at radius 1 is 1.25 bits per heavy atom. The Hall–Kier alpha value is -1.55. The Balaban J connectivity index is 2.05. The summed E-state index contributed by atoms with van der Waals surface area (Å²) < 4.78 is 0. The quantitative estimate of drug-likeness (QED) is 0.681. The number of hydrogen-bond acceptors (Lipinski definition) is 3. The fraction of sp³-hybridized carbons (Fsp3) is 0.417. The summed E-state index contributed by atoms with van der Waals surface area (Å²) in [6.07, 6.45) is 2.26. The molecular weight excluding hydrogens is 202 g/mol. The molecule has 16 heavy (non-hydrogen) atoms. The van der Waals surface area contributed by atoms with Crippen LogP contribution in [-0.2, 0) is 0 Å². The third-order valence-electron chi connectivity index (χ3n) is 3.31. The Morgan fingerprint density at radius 3 is 2.88 bits per heavy atom. The summed E-state index contributed by atoms with van der Waals surface area (Å²) in [6.45, 7) is 2.12. The van der Waals surface area contributed by atoms with Crippen LogP contribution in [0.4, 0.5) is 0 Å². The molecule has 1 fully saturated rings. The first-order valence-corrected chi connectivity index (χ1v) is 5.72. The Morgan fingerprint density at radius 2 is 2.06 bits per heavy atom. The number of aromatic nitrogens is 2. The van der Waals surface area contributed by atoms with E-state index in [9.17, 15) is 5.11 Å². The third-order valence-corrected chi connectivity index (χ3v) is 3.31. The van der Waals surface area contributed by atoms with Crippen molar-refractivity contribution in [2.24, 2.45) is 0 Å². The number of nitrogens with zero attached hydrogens (tertiary/aromatic N) is 1. The third kappa shape index (κ3) is 1.55. The number of rotatable bonds is 1. The van der Waals surface area contributed by atoms with Crippen LogP contribution in [0, 0.1) is 0 Å². The number of phenols is 1. The lowest BCUT2D eigenvalue weighted by molar-refractivity contribution is 0.454. The topological polar surface area (TPSA) is 60.9 Å². The molecule has 1 aliphatic rings. The van der Waals surface area contributed by atoms with Gasteiger partial charge in [0.2, 0.25) is 0 Å². The number of benzene rings is 1. The zero-order valence-corrected chi connectivity index (χ0v) is 9.03. The van der Waals surface area contributed by atoms with E-state index in [1.807, 2.05) is 6.07 Å². The second-order valence-electron chi connectivity index (χ2n) is 4.36. The minimum atomic E-state index is 0.309. The van der Waals surface area contributed by atoms with Gasteiger partial charge in [-0.1, -0.05) is 0 Å². The fourth-order valence-electron chi connectivity index (χ4n) is 2.44. The van der Waals surface area contributed by atoms with E-state index in [-0.39, 0.29) is 0 Å². The highest BCUT2D eigenvalue weighted by atomic mass is 16.3. The van der Waals surface area contributed by atoms with Gasteiger partial charge in [-0.2, -0.15) is 5.10 Å². The Kier molecular flexibility index (Phi) is 2.29. The van der Waals surface area contributed by atoms with E-state index in [0.717, 1.165) is 36.8 Å². The molecule has 0 spiro atoms. The minimum Gasteiger partial charge on any atom is -0.508 e. The first-order chi connectivity index (χ1) is 7.84. The highest BCUT2D eigenvalue weighted by molar-refractivity contribution is 5.83. The number of H-pyrrole nitrogens is 1. The van der Waals surface area contributed by atoms with Crippen LogP contribution in [-0.4, -0.2) is 28.4 Å². The van der Waals surface area contributed by atoms with Gasteiger partial charge in [0.05, 0.1) is 5.52 Å². The molecule has 0 aliphatic carbocycles. The maximum Gasteiger partial charge on any atom is 0.116 e. The molecule has 1 aromatic carbocycles. The molecule has 0 saturated carbocycles. The number of phenolic OH excluding ortho intramolecular Hbond substituents is 1. The smallest absolute Gasteiger partial charge is 0.116 e. The van der Waals surface area contributed by atoms with Crippen LogP contribution in [0.5, 0.6) is 5.75 Å². The van der Waals surface area contributed by atoms with Gasteiger partial charge in [0.15, 0.2) is 0 Å². The van der Waals surface area contributed by atoms with Crippen LogP contribution in [0.25, 0.3) is 10.9 Å². The summed E-state index contributed by atoms with van der Waals surface area (Å²) in [5.74, 6) is 0.845. The molecule has 0 radical (unpaired) electrons. The molecular formula is C12H15N3O. The van der Waals surface area contributed by atoms with Gasteiger partial charge < -0.3 is 10.4 Å². The van der Waals surface area contributed by atoms with Gasteiger partial charge in [0.25, 0.3) is 0 Å². The SMILES string of the molecule is Oc1ccc2n[nH]c(C3CCNCC3)c2c1. The van der Waals surface area contributed by atoms with E-state index >= 15 is 0 Å². The molecule has 84 valence electrons. The molecule has 1 aromatic heterocycles. The Labute approximate surface area is 93.7 Å². The maximum absolute atomic E-state index is 9.52. The number of piperidine rings is 1. The summed E-state index contributed by atoms with van der Waals surface area (Å²) in [4.78, 5) is 0. The zero-order valence-electron chi connectivity index (χ0n) is 9.03. The van der Waals surface area contributed by atoms with Crippen LogP contribution in [0.3, 0.4) is 0 Å². The van der Waals surface area contributed by atoms with Gasteiger partial charge in [-0.05, 0) is 44.1 Å². The second-order valence-corrected chi connectivity index (χ2v) is 4.36. The van der Waals surface area contributed by atoms with Crippen molar-refractivity contribution in [1.82, 2.24) is 15.5 Å². The van der Waals surface area contributed by atoms with Crippen LogP contribution < -0.4 is 5.32 Å². The molecule has 0 unspecified atom stereocenters. The largest absolute Gasteiger partial charge is 0.508 e. The van der Waals surface area contributed by atoms with Crippen molar-refractivity contribution in [3.8, 4) is 5.75 Å². The lowest BCUT2D eigenvalue weighted by Gasteiger charge is -2.21. The van der Waals surface area contributed by atoms with Crippen molar-refractivity contribution in [2.45, 2.75) is 18.8 Å². The first kappa shape index (κ1) is 9.66. The molecule has 1 saturated heterocycles. The molecule has 0 bridgehead atoms. The average molecular weight is 217 g/mol. The number of aromatic hydroxyl groups is 1. The van der Waals surface area contributed by atoms with Crippen LogP contribution in [0.2, 0.25) is 0 Å². The standard InChI is InChI=1S/C12H15N3O/c16-9-1-2-11-10(7-9)12(15-14-11)8-3-5-13-6-4-8/h1-2,7-8,13,16H,3-6H2,(H,14,15). The van der Waals surface area contributed by atoms with Crippen LogP contribution in [0.15, 0.2) is 18.2 Å². The highest BCUT2D eigenvalue weighted by Gasteiger charge is 2.19. The van der Waals surface area contributed by atoms with E-state index in [0.29, 0.717) is 11.7 Å². The molecule has 2 heterocycles. The van der Waals surface area contributed by atoms with E-state index in [2.05, 4.69) is 15.5 Å². The molecule has 0 atom stereocenters. The van der Waals surface area contributed by atoms with Crippen molar-refractivity contribution in [3.05, 3.63) is 23.9 Å². The number of fused-ring (bicyclic) bond motifs is 1. The molecule has 0 amide bonds. The fourth-order valence-corrected chi connectivity index (χ4v) is 2.44. The lowest BCUT2D eigenvalue weighted by Crippen LogP contribution is -2.26. The van der Waals surface area contributed by atoms with E-state index < -0.39 is 0 Å². The van der Waals surface area contributed by atoms with Gasteiger partial charge in [-0.25, -0.2) is 0 Å². The van der Waals surface area contributed by atoms with Crippen LogP contribution >= 0.6 is 0 Å². The van der Waals surface area contributed by atoms with Gasteiger partial charge in [0, 0.05) is 17.0 Å². The average Bonchev–Trinajstić information content (AvgIpc) is 2.73. The van der Waals surface area contributed by atoms with Gasteiger partial charge >= 0.3 is 0 Å². The molecule has 1 aliphatic heterocycles. The minimum absolute atomic E-state index is 0.309. The number of hydrogen-bond donors (Lipinski definition) is 3. The number of aromatic amines is 1. The van der Waals surface area contributed by atoms with Crippen LogP contribution in [0.1, 0.15) is 24.5 Å². The Bertz CT molecular complexity index is 500. The predicted octanol–water partition coefficient (Wildman–Crippen LogP) is 1.74. The normalized spacial score (nSPS) is 18.0. The zero-order chi connectivity index (χ0) is 11.0. The van der Waals surface area contributed by atoms with Crippen molar-refractivity contribution in [2.75, 3.05) is 13.1 Å². The summed E-state index contributed by atoms with van der Waals surface area (Å²) in [7, 11) is 0. The lowest BCUT2D eigenvalue weighted by atomic mass is 9.92. The van der Waals surface area contributed by atoms with Crippen molar-refractivity contribution in [3.63, 3.8) is 0 Å². The van der Waals surface area contributed by atoms with Gasteiger partial charge in [0.1, 0.15) is 5.75 Å². The van der Waals surface area contributed by atoms with E-state index in [1.54, 1.807) is 12.1 Å². The summed E-state index contributed by atoms with van der Waals surface area (Å²) in [5.41, 5.74) is 2.11. The summed E-state index contributed by atoms with van der Waals surface area (Å²) in [6, 6.07) is 5.33. The molecule has 4 heteroatoms. The van der Waals surface area contributed by atoms with Crippen molar-refractivity contribution < 1.29 is 5.11 Å². The molecule has 3 N–H and O–H groups in total. The predicted molar refractivity (Wildman–Crippen MR) is 62.6 cm³/mol. The van der Waals surface area contributed by atoms with Gasteiger partial charge in [-0.3, -0.25) is 5.10 Å². The molecule has 4 nitrogen and oxygen atoms in total. The van der Waals surface area contributed by atoms with E-state index in [1.165, 1.54) is 5.69 Å².